The number of imidazole rings is 1. The molecule has 2 fully saturated rings. The fourth-order valence-electron chi connectivity index (χ4n) is 5.91. The summed E-state index contributed by atoms with van der Waals surface area (Å²) in [4.78, 5) is 25.2. The van der Waals surface area contributed by atoms with Gasteiger partial charge in [-0.05, 0) is 48.4 Å². The van der Waals surface area contributed by atoms with Crippen LogP contribution in [-0.2, 0) is 6.54 Å². The SMILES string of the molecule is O=C(O)c1ccccc1-c1ccc(Cn2c(C3CCCCC3)cn(C3CCCCC3)c2=O)cc1. The molecule has 2 saturated carbocycles. The van der Waals surface area contributed by atoms with Crippen molar-refractivity contribution in [3.8, 4) is 11.1 Å². The van der Waals surface area contributed by atoms with E-state index in [-0.39, 0.29) is 5.69 Å². The van der Waals surface area contributed by atoms with Crippen LogP contribution in [0, 0.1) is 0 Å². The summed E-state index contributed by atoms with van der Waals surface area (Å²) in [5.41, 5.74) is 4.29. The third kappa shape index (κ3) is 4.61. The van der Waals surface area contributed by atoms with E-state index in [1.807, 2.05) is 45.5 Å². The molecule has 1 N–H and O–H groups in total. The molecule has 0 spiro atoms. The third-order valence-electron chi connectivity index (χ3n) is 7.79. The molecule has 0 bridgehead atoms. The van der Waals surface area contributed by atoms with Crippen molar-refractivity contribution in [3.05, 3.63) is 82.0 Å². The quantitative estimate of drug-likeness (QED) is 0.452. The molecule has 178 valence electrons. The number of aromatic nitrogens is 2. The van der Waals surface area contributed by atoms with Crippen LogP contribution in [0.3, 0.4) is 0 Å². The molecule has 3 aromatic rings. The van der Waals surface area contributed by atoms with Crippen molar-refractivity contribution >= 4 is 5.97 Å². The molecule has 0 unspecified atom stereocenters. The normalized spacial score (nSPS) is 17.6. The van der Waals surface area contributed by atoms with Crippen LogP contribution in [-0.4, -0.2) is 20.2 Å². The summed E-state index contributed by atoms with van der Waals surface area (Å²) >= 11 is 0. The molecule has 0 saturated heterocycles. The van der Waals surface area contributed by atoms with E-state index in [9.17, 15) is 14.7 Å². The average Bonchev–Trinajstić information content (AvgIpc) is 3.21. The smallest absolute Gasteiger partial charge is 0.336 e. The summed E-state index contributed by atoms with van der Waals surface area (Å²) in [5.74, 6) is -0.458. The van der Waals surface area contributed by atoms with Crippen molar-refractivity contribution in [2.45, 2.75) is 82.7 Å². The minimum absolute atomic E-state index is 0.132. The fourth-order valence-corrected chi connectivity index (χ4v) is 5.91. The van der Waals surface area contributed by atoms with E-state index in [0.29, 0.717) is 29.6 Å². The second kappa shape index (κ2) is 10.0. The molecule has 2 aliphatic carbocycles. The molecule has 34 heavy (non-hydrogen) atoms. The molecular formula is C29H34N2O3. The lowest BCUT2D eigenvalue weighted by molar-refractivity contribution is 0.0697. The van der Waals surface area contributed by atoms with Gasteiger partial charge in [0.1, 0.15) is 0 Å². The fraction of sp³-hybridized carbons (Fsp3) is 0.448. The lowest BCUT2D eigenvalue weighted by atomic mass is 9.87. The van der Waals surface area contributed by atoms with Gasteiger partial charge in [-0.1, -0.05) is 81.0 Å². The van der Waals surface area contributed by atoms with Crippen LogP contribution in [0.1, 0.15) is 97.8 Å². The Kier molecular flexibility index (Phi) is 6.70. The Hall–Kier alpha value is -3.08. The van der Waals surface area contributed by atoms with Crippen LogP contribution in [0.15, 0.2) is 59.5 Å². The Morgan fingerprint density at radius 1 is 0.853 bits per heavy atom. The van der Waals surface area contributed by atoms with Gasteiger partial charge in [0, 0.05) is 23.9 Å². The summed E-state index contributed by atoms with van der Waals surface area (Å²) in [7, 11) is 0. The summed E-state index contributed by atoms with van der Waals surface area (Å²) in [6, 6.07) is 15.4. The summed E-state index contributed by atoms with van der Waals surface area (Å²) < 4.78 is 4.06. The zero-order chi connectivity index (χ0) is 23.5. The number of hydrogen-bond donors (Lipinski definition) is 1. The summed E-state index contributed by atoms with van der Waals surface area (Å²) in [6.45, 7) is 0.561. The number of carboxylic acid groups (broad SMARTS) is 1. The molecule has 0 radical (unpaired) electrons. The van der Waals surface area contributed by atoms with Crippen molar-refractivity contribution in [1.29, 1.82) is 0 Å². The van der Waals surface area contributed by atoms with E-state index in [1.54, 1.807) is 12.1 Å². The number of rotatable bonds is 6. The zero-order valence-corrected chi connectivity index (χ0v) is 19.8. The van der Waals surface area contributed by atoms with Gasteiger partial charge in [-0.15, -0.1) is 0 Å². The largest absolute Gasteiger partial charge is 0.478 e. The van der Waals surface area contributed by atoms with E-state index < -0.39 is 5.97 Å². The van der Waals surface area contributed by atoms with Crippen molar-refractivity contribution < 1.29 is 9.90 Å². The van der Waals surface area contributed by atoms with Gasteiger partial charge in [-0.3, -0.25) is 9.13 Å². The standard InChI is InChI=1S/C29H34N2O3/c32-28(33)26-14-8-7-13-25(26)22-17-15-21(16-18-22)19-31-27(23-9-3-1-4-10-23)20-30(29(31)34)24-11-5-2-6-12-24/h7-8,13-18,20,23-24H,1-6,9-12,19H2,(H,32,33). The van der Waals surface area contributed by atoms with Crippen molar-refractivity contribution in [2.75, 3.05) is 0 Å². The summed E-state index contributed by atoms with van der Waals surface area (Å²) in [5, 5.41) is 9.53. The number of nitrogens with zero attached hydrogens (tertiary/aromatic N) is 2. The second-order valence-corrected chi connectivity index (χ2v) is 10.0. The van der Waals surface area contributed by atoms with Crippen LogP contribution in [0.5, 0.6) is 0 Å². The van der Waals surface area contributed by atoms with Gasteiger partial charge in [0.2, 0.25) is 0 Å². The zero-order valence-electron chi connectivity index (χ0n) is 19.8. The monoisotopic (exact) mass is 458 g/mol. The Labute approximate surface area is 201 Å². The predicted octanol–water partition coefficient (Wildman–Crippen LogP) is 6.62. The van der Waals surface area contributed by atoms with E-state index >= 15 is 0 Å². The van der Waals surface area contributed by atoms with Crippen LogP contribution in [0.4, 0.5) is 0 Å². The first-order chi connectivity index (χ1) is 16.6. The number of carbonyl (C=O) groups is 1. The number of carboxylic acids is 1. The molecule has 5 rings (SSSR count). The highest BCUT2D eigenvalue weighted by molar-refractivity contribution is 5.95. The van der Waals surface area contributed by atoms with Crippen LogP contribution in [0.25, 0.3) is 11.1 Å². The first kappa shape index (κ1) is 22.7. The molecule has 0 atom stereocenters. The molecular weight excluding hydrogens is 424 g/mol. The van der Waals surface area contributed by atoms with Crippen LogP contribution >= 0.6 is 0 Å². The Balaban J connectivity index is 1.46. The first-order valence-electron chi connectivity index (χ1n) is 12.8. The lowest BCUT2D eigenvalue weighted by Gasteiger charge is -2.23. The molecule has 2 aromatic carbocycles. The number of hydrogen-bond acceptors (Lipinski definition) is 2. The van der Waals surface area contributed by atoms with Gasteiger partial charge in [0.15, 0.2) is 0 Å². The molecule has 1 aromatic heterocycles. The van der Waals surface area contributed by atoms with Crippen molar-refractivity contribution in [1.82, 2.24) is 9.13 Å². The molecule has 2 aliphatic rings. The molecule has 0 aliphatic heterocycles. The summed E-state index contributed by atoms with van der Waals surface area (Å²) in [6.07, 6.45) is 14.2. The van der Waals surface area contributed by atoms with Gasteiger partial charge >= 0.3 is 11.7 Å². The Morgan fingerprint density at radius 3 is 2.18 bits per heavy atom. The van der Waals surface area contributed by atoms with Gasteiger partial charge in [0.25, 0.3) is 0 Å². The topological polar surface area (TPSA) is 64.2 Å². The third-order valence-corrected chi connectivity index (χ3v) is 7.79. The van der Waals surface area contributed by atoms with E-state index in [0.717, 1.165) is 24.0 Å². The Morgan fingerprint density at radius 2 is 1.50 bits per heavy atom. The molecule has 0 amide bonds. The van der Waals surface area contributed by atoms with Gasteiger partial charge < -0.3 is 5.11 Å². The highest BCUT2D eigenvalue weighted by atomic mass is 16.4. The van der Waals surface area contributed by atoms with Gasteiger partial charge in [-0.25, -0.2) is 9.59 Å². The number of benzene rings is 2. The van der Waals surface area contributed by atoms with Crippen LogP contribution < -0.4 is 5.69 Å². The predicted molar refractivity (Wildman–Crippen MR) is 135 cm³/mol. The molecule has 5 nitrogen and oxygen atoms in total. The highest BCUT2D eigenvalue weighted by Gasteiger charge is 2.25. The van der Waals surface area contributed by atoms with E-state index in [1.165, 1.54) is 57.1 Å². The average molecular weight is 459 g/mol. The maximum Gasteiger partial charge on any atom is 0.336 e. The van der Waals surface area contributed by atoms with Crippen LogP contribution in [0.2, 0.25) is 0 Å². The maximum absolute atomic E-state index is 13.6. The van der Waals surface area contributed by atoms with E-state index in [2.05, 4.69) is 6.20 Å². The maximum atomic E-state index is 13.6. The second-order valence-electron chi connectivity index (χ2n) is 10.0. The first-order valence-corrected chi connectivity index (χ1v) is 12.8. The van der Waals surface area contributed by atoms with E-state index in [4.69, 9.17) is 0 Å². The molecule has 1 heterocycles. The molecule has 5 heteroatoms. The van der Waals surface area contributed by atoms with Gasteiger partial charge in [-0.2, -0.15) is 0 Å². The highest BCUT2D eigenvalue weighted by Crippen LogP contribution is 2.34. The Bertz CT molecular complexity index is 1190. The van der Waals surface area contributed by atoms with Gasteiger partial charge in [0.05, 0.1) is 12.1 Å². The minimum Gasteiger partial charge on any atom is -0.478 e. The minimum atomic E-state index is -0.924. The number of aromatic carboxylic acids is 1. The lowest BCUT2D eigenvalue weighted by Crippen LogP contribution is -2.29. The van der Waals surface area contributed by atoms with Crippen molar-refractivity contribution in [3.63, 3.8) is 0 Å². The van der Waals surface area contributed by atoms with Crippen molar-refractivity contribution in [2.24, 2.45) is 0 Å².